The molecule has 1 amide bonds. The molecular formula is C8H14BF3NO2-. The summed E-state index contributed by atoms with van der Waals surface area (Å²) in [5, 5.41) is 1.98. The highest BCUT2D eigenvalue weighted by Crippen LogP contribution is 2.17. The maximum atomic E-state index is 12.0. The van der Waals surface area contributed by atoms with E-state index in [0.29, 0.717) is 0 Å². The fourth-order valence-electron chi connectivity index (χ4n) is 0.616. The van der Waals surface area contributed by atoms with Crippen LogP contribution in [0.5, 0.6) is 0 Å². The van der Waals surface area contributed by atoms with E-state index < -0.39 is 30.7 Å². The van der Waals surface area contributed by atoms with Crippen LogP contribution in [0.2, 0.25) is 0 Å². The second-order valence-electron chi connectivity index (χ2n) is 4.09. The third kappa shape index (κ3) is 6.87. The molecule has 0 aliphatic heterocycles. The number of nitrogens with one attached hydrogen (secondary N) is 1. The van der Waals surface area contributed by atoms with Crippen molar-refractivity contribution >= 4 is 13.1 Å². The van der Waals surface area contributed by atoms with Gasteiger partial charge in [-0.2, -0.15) is 0 Å². The Hall–Kier alpha value is -1.14. The lowest BCUT2D eigenvalue weighted by Crippen LogP contribution is -2.36. The Morgan fingerprint density at radius 2 is 1.87 bits per heavy atom. The van der Waals surface area contributed by atoms with Crippen LogP contribution in [-0.2, 0) is 4.74 Å². The molecule has 7 heteroatoms. The van der Waals surface area contributed by atoms with Crippen LogP contribution in [-0.4, -0.2) is 25.2 Å². The lowest BCUT2D eigenvalue weighted by Gasteiger charge is -2.22. The molecule has 0 saturated carbocycles. The quantitative estimate of drug-likeness (QED) is 0.747. The summed E-state index contributed by atoms with van der Waals surface area (Å²) >= 11 is 0. The normalized spacial score (nSPS) is 12.1. The third-order valence-electron chi connectivity index (χ3n) is 1.32. The van der Waals surface area contributed by atoms with E-state index in [1.165, 1.54) is 0 Å². The van der Waals surface area contributed by atoms with Crippen molar-refractivity contribution in [1.82, 2.24) is 5.32 Å². The lowest BCUT2D eigenvalue weighted by atomic mass is 9.80. The molecule has 88 valence electrons. The topological polar surface area (TPSA) is 38.3 Å². The van der Waals surface area contributed by atoms with Crippen molar-refractivity contribution in [2.24, 2.45) is 0 Å². The van der Waals surface area contributed by atoms with Crippen molar-refractivity contribution in [3.63, 3.8) is 0 Å². The van der Waals surface area contributed by atoms with Crippen molar-refractivity contribution in [2.75, 3.05) is 6.54 Å². The molecule has 15 heavy (non-hydrogen) atoms. The van der Waals surface area contributed by atoms with E-state index >= 15 is 0 Å². The van der Waals surface area contributed by atoms with Gasteiger partial charge in [0.05, 0.1) is 0 Å². The lowest BCUT2D eigenvalue weighted by molar-refractivity contribution is 0.0533. The van der Waals surface area contributed by atoms with Gasteiger partial charge in [0.1, 0.15) is 5.60 Å². The summed E-state index contributed by atoms with van der Waals surface area (Å²) in [5.41, 5.74) is -1.68. The summed E-state index contributed by atoms with van der Waals surface area (Å²) in [4.78, 5) is 11.0. The molecule has 0 saturated heterocycles. The monoisotopic (exact) mass is 224 g/mol. The largest absolute Gasteiger partial charge is 0.506 e. The van der Waals surface area contributed by atoms with Gasteiger partial charge in [-0.1, -0.05) is 0 Å². The highest BCUT2D eigenvalue weighted by molar-refractivity contribution is 6.66. The Morgan fingerprint density at radius 1 is 1.40 bits per heavy atom. The molecule has 0 fully saturated rings. The Labute approximate surface area is 86.7 Å². The first-order valence-electron chi connectivity index (χ1n) is 4.37. The van der Waals surface area contributed by atoms with Crippen molar-refractivity contribution in [1.29, 1.82) is 0 Å². The highest BCUT2D eigenvalue weighted by atomic mass is 19.4. The summed E-state index contributed by atoms with van der Waals surface area (Å²) in [6.45, 7) is 1.94. The minimum Gasteiger partial charge on any atom is -0.445 e. The number of carbonyl (C=O) groups excluding carboxylic acids is 1. The van der Waals surface area contributed by atoms with Gasteiger partial charge in [0.2, 0.25) is 0 Å². The number of hydrogen-bond acceptors (Lipinski definition) is 2. The SMILES string of the molecule is C=C(CNC(=O)OC(C)(C)C)[B-](F)(F)F. The Morgan fingerprint density at radius 3 is 2.20 bits per heavy atom. The van der Waals surface area contributed by atoms with Gasteiger partial charge in [-0.15, -0.1) is 12.1 Å². The number of ether oxygens (including phenoxy) is 1. The number of alkyl carbamates (subject to hydrolysis) is 1. The molecule has 1 N–H and O–H groups in total. The molecule has 0 atom stereocenters. The van der Waals surface area contributed by atoms with E-state index in [2.05, 4.69) is 6.58 Å². The molecule has 0 aromatic heterocycles. The van der Waals surface area contributed by atoms with Gasteiger partial charge in [0.25, 0.3) is 0 Å². The fraction of sp³-hybridized carbons (Fsp3) is 0.625. The molecule has 3 nitrogen and oxygen atoms in total. The molecule has 0 aromatic carbocycles. The molecule has 0 spiro atoms. The van der Waals surface area contributed by atoms with Gasteiger partial charge in [0, 0.05) is 6.54 Å². The van der Waals surface area contributed by atoms with Crippen LogP contribution in [0.25, 0.3) is 0 Å². The average molecular weight is 224 g/mol. The molecule has 0 heterocycles. The first-order chi connectivity index (χ1) is 6.52. The van der Waals surface area contributed by atoms with Gasteiger partial charge >= 0.3 is 13.1 Å². The van der Waals surface area contributed by atoms with E-state index in [-0.39, 0.29) is 0 Å². The standard InChI is InChI=1S/C8H14BF3NO2/c1-6(9(10,11)12)5-13-7(14)15-8(2,3)4/h1,5H2,2-4H3,(H,13,14)/q-1. The van der Waals surface area contributed by atoms with Gasteiger partial charge in [-0.05, 0) is 20.8 Å². The second-order valence-corrected chi connectivity index (χ2v) is 4.09. The summed E-state index contributed by atoms with van der Waals surface area (Å²) in [6, 6.07) is 0. The fourth-order valence-corrected chi connectivity index (χ4v) is 0.616. The Balaban J connectivity index is 3.98. The van der Waals surface area contributed by atoms with Crippen LogP contribution in [0, 0.1) is 0 Å². The summed E-state index contributed by atoms with van der Waals surface area (Å²) in [7, 11) is 0. The summed E-state index contributed by atoms with van der Waals surface area (Å²) < 4.78 is 40.8. The van der Waals surface area contributed by atoms with E-state index in [1.54, 1.807) is 20.8 Å². The molecule has 0 unspecified atom stereocenters. The van der Waals surface area contributed by atoms with Gasteiger partial charge in [-0.3, -0.25) is 0 Å². The van der Waals surface area contributed by atoms with E-state index in [9.17, 15) is 17.7 Å². The zero-order valence-electron chi connectivity index (χ0n) is 8.94. The van der Waals surface area contributed by atoms with Crippen molar-refractivity contribution in [3.05, 3.63) is 12.1 Å². The average Bonchev–Trinajstić information content (AvgIpc) is 1.94. The van der Waals surface area contributed by atoms with Crippen LogP contribution in [0.1, 0.15) is 20.8 Å². The van der Waals surface area contributed by atoms with Crippen LogP contribution < -0.4 is 5.32 Å². The van der Waals surface area contributed by atoms with Crippen LogP contribution in [0.15, 0.2) is 12.1 Å². The molecule has 0 bridgehead atoms. The van der Waals surface area contributed by atoms with Crippen molar-refractivity contribution in [3.8, 4) is 0 Å². The minimum absolute atomic E-state index is 0.640. The molecule has 0 aliphatic rings. The number of halogens is 3. The van der Waals surface area contributed by atoms with Gasteiger partial charge in [-0.25, -0.2) is 4.79 Å². The van der Waals surface area contributed by atoms with Gasteiger partial charge in [0.15, 0.2) is 0 Å². The first kappa shape index (κ1) is 13.9. The van der Waals surface area contributed by atoms with Crippen molar-refractivity contribution < 1.29 is 22.5 Å². The van der Waals surface area contributed by atoms with E-state index in [4.69, 9.17) is 4.74 Å². The number of carbonyl (C=O) groups is 1. The van der Waals surface area contributed by atoms with E-state index in [0.717, 1.165) is 0 Å². The number of hydrogen-bond donors (Lipinski definition) is 1. The molecule has 0 radical (unpaired) electrons. The van der Waals surface area contributed by atoms with Gasteiger partial charge < -0.3 is 23.0 Å². The van der Waals surface area contributed by atoms with Crippen LogP contribution in [0.4, 0.5) is 17.7 Å². The summed E-state index contributed by atoms with van der Waals surface area (Å²) in [6.07, 6.45) is -0.885. The number of amides is 1. The molecule has 0 aliphatic carbocycles. The zero-order chi connectivity index (χ0) is 12.3. The Kier molecular flexibility index (Phi) is 4.24. The Bertz CT molecular complexity index is 258. The molecule has 0 rings (SSSR count). The van der Waals surface area contributed by atoms with Crippen LogP contribution >= 0.6 is 0 Å². The first-order valence-corrected chi connectivity index (χ1v) is 4.37. The predicted molar refractivity (Wildman–Crippen MR) is 52.5 cm³/mol. The second kappa shape index (κ2) is 4.59. The smallest absolute Gasteiger partial charge is 0.445 e. The zero-order valence-corrected chi connectivity index (χ0v) is 8.94. The minimum atomic E-state index is -5.10. The highest BCUT2D eigenvalue weighted by Gasteiger charge is 2.27. The summed E-state index contributed by atoms with van der Waals surface area (Å²) in [5.74, 6) is 0. The maximum absolute atomic E-state index is 12.0. The van der Waals surface area contributed by atoms with Crippen molar-refractivity contribution in [2.45, 2.75) is 26.4 Å². The van der Waals surface area contributed by atoms with E-state index in [1.807, 2.05) is 5.32 Å². The maximum Gasteiger partial charge on any atom is 0.506 e. The molecule has 0 aromatic rings. The number of rotatable bonds is 3. The predicted octanol–water partition coefficient (Wildman–Crippen LogP) is 2.45. The molecular weight excluding hydrogens is 210 g/mol. The van der Waals surface area contributed by atoms with Crippen LogP contribution in [0.3, 0.4) is 0 Å². The third-order valence-corrected chi connectivity index (χ3v) is 1.32.